The molecule has 0 radical (unpaired) electrons. The number of aromatic nitrogens is 3. The molecule has 0 aliphatic carbocycles. The van der Waals surface area contributed by atoms with Crippen LogP contribution in [0.15, 0.2) is 18.6 Å². The third-order valence-electron chi connectivity index (χ3n) is 3.43. The third kappa shape index (κ3) is 2.58. The molecule has 2 atom stereocenters. The maximum Gasteiger partial charge on any atom is 0.242 e. The Balaban J connectivity index is 1.87. The van der Waals surface area contributed by atoms with Crippen molar-refractivity contribution in [2.24, 2.45) is 0 Å². The van der Waals surface area contributed by atoms with Crippen LogP contribution in [0.5, 0.6) is 0 Å². The van der Waals surface area contributed by atoms with E-state index in [1.54, 1.807) is 9.12 Å². The fourth-order valence-electron chi connectivity index (χ4n) is 2.37. The van der Waals surface area contributed by atoms with Gasteiger partial charge in [-0.25, -0.2) is 9.97 Å². The number of fused-ring (bicyclic) bond motifs is 1. The maximum atomic E-state index is 12.0. The number of rotatable bonds is 3. The van der Waals surface area contributed by atoms with Gasteiger partial charge in [0.2, 0.25) is 5.91 Å². The number of halogens is 1. The molecule has 1 fully saturated rings. The third-order valence-corrected chi connectivity index (χ3v) is 5.14. The molecular weight excluding hydrogens is 389 g/mol. The minimum Gasteiger partial charge on any atom is -0.358 e. The maximum absolute atomic E-state index is 12.0. The summed E-state index contributed by atoms with van der Waals surface area (Å²) in [6.07, 6.45) is 5.27. The first-order chi connectivity index (χ1) is 9.69. The fourth-order valence-corrected chi connectivity index (χ4v) is 3.64. The molecule has 6 nitrogen and oxygen atoms in total. The summed E-state index contributed by atoms with van der Waals surface area (Å²) in [5.74, 6) is 0.757. The predicted molar refractivity (Wildman–Crippen MR) is 88.8 cm³/mol. The lowest BCUT2D eigenvalue weighted by molar-refractivity contribution is -0.123. The van der Waals surface area contributed by atoms with Crippen LogP contribution in [0.2, 0.25) is 0 Å². The number of piperidine rings is 1. The molecule has 0 saturated carbocycles. The van der Waals surface area contributed by atoms with Gasteiger partial charge in [-0.3, -0.25) is 8.77 Å². The van der Waals surface area contributed by atoms with Crippen molar-refractivity contribution in [2.75, 3.05) is 5.32 Å². The van der Waals surface area contributed by atoms with Crippen LogP contribution in [0.25, 0.3) is 11.0 Å². The number of amides is 1. The van der Waals surface area contributed by atoms with Crippen molar-refractivity contribution in [3.8, 4) is 0 Å². The van der Waals surface area contributed by atoms with E-state index in [2.05, 4.69) is 41.8 Å². The SMILES string of the molecule is C[C@H]1CC[C@@H](Nc2ncnc3c2ccn3SI)C(=O)N1. The van der Waals surface area contributed by atoms with E-state index in [0.29, 0.717) is 5.82 Å². The number of nitrogens with one attached hydrogen (secondary N) is 2. The molecule has 0 spiro atoms. The first kappa shape index (κ1) is 13.9. The highest BCUT2D eigenvalue weighted by Gasteiger charge is 2.26. The van der Waals surface area contributed by atoms with Crippen molar-refractivity contribution >= 4 is 53.1 Å². The summed E-state index contributed by atoms with van der Waals surface area (Å²) in [7, 11) is 1.55. The van der Waals surface area contributed by atoms with E-state index in [1.165, 1.54) is 6.33 Å². The molecule has 1 amide bonds. The number of carbonyl (C=O) groups is 1. The molecule has 1 saturated heterocycles. The molecular formula is C12H14IN5OS. The molecule has 106 valence electrons. The first-order valence-electron chi connectivity index (χ1n) is 6.37. The van der Waals surface area contributed by atoms with Crippen LogP contribution in [0.3, 0.4) is 0 Å². The summed E-state index contributed by atoms with van der Waals surface area (Å²) < 4.78 is 1.96. The molecule has 0 unspecified atom stereocenters. The molecule has 1 aliphatic rings. The normalized spacial score (nSPS) is 22.8. The van der Waals surface area contributed by atoms with Crippen molar-refractivity contribution in [3.63, 3.8) is 0 Å². The Morgan fingerprint density at radius 2 is 2.35 bits per heavy atom. The second-order valence-corrected chi connectivity index (χ2v) is 6.57. The Labute approximate surface area is 132 Å². The van der Waals surface area contributed by atoms with Crippen LogP contribution in [0, 0.1) is 0 Å². The zero-order valence-electron chi connectivity index (χ0n) is 10.8. The average Bonchev–Trinajstić information content (AvgIpc) is 2.86. The van der Waals surface area contributed by atoms with Gasteiger partial charge in [-0.2, -0.15) is 0 Å². The summed E-state index contributed by atoms with van der Waals surface area (Å²) in [4.78, 5) is 20.5. The largest absolute Gasteiger partial charge is 0.358 e. The second-order valence-electron chi connectivity index (χ2n) is 4.85. The molecule has 2 aromatic heterocycles. The van der Waals surface area contributed by atoms with E-state index in [9.17, 15) is 4.79 Å². The van der Waals surface area contributed by atoms with Crippen LogP contribution in [0.4, 0.5) is 5.82 Å². The Kier molecular flexibility index (Phi) is 4.01. The van der Waals surface area contributed by atoms with E-state index >= 15 is 0 Å². The number of hydrogen-bond donors (Lipinski definition) is 2. The molecule has 0 aromatic carbocycles. The molecule has 20 heavy (non-hydrogen) atoms. The van der Waals surface area contributed by atoms with Crippen molar-refractivity contribution in [2.45, 2.75) is 31.8 Å². The Morgan fingerprint density at radius 3 is 3.10 bits per heavy atom. The van der Waals surface area contributed by atoms with Crippen molar-refractivity contribution < 1.29 is 4.79 Å². The van der Waals surface area contributed by atoms with Gasteiger partial charge in [-0.1, -0.05) is 0 Å². The Morgan fingerprint density at radius 1 is 1.50 bits per heavy atom. The van der Waals surface area contributed by atoms with Gasteiger partial charge in [0, 0.05) is 42.6 Å². The van der Waals surface area contributed by atoms with Crippen LogP contribution in [-0.4, -0.2) is 31.9 Å². The van der Waals surface area contributed by atoms with E-state index in [4.69, 9.17) is 0 Å². The Bertz CT molecular complexity index is 646. The molecule has 2 N–H and O–H groups in total. The zero-order valence-corrected chi connectivity index (χ0v) is 13.8. The van der Waals surface area contributed by atoms with E-state index in [-0.39, 0.29) is 18.0 Å². The number of carbonyl (C=O) groups excluding carboxylic acids is 1. The van der Waals surface area contributed by atoms with Crippen molar-refractivity contribution in [1.82, 2.24) is 19.3 Å². The summed E-state index contributed by atoms with van der Waals surface area (Å²) >= 11 is 2.21. The van der Waals surface area contributed by atoms with Crippen LogP contribution < -0.4 is 10.6 Å². The van der Waals surface area contributed by atoms with Crippen molar-refractivity contribution in [1.29, 1.82) is 0 Å². The van der Waals surface area contributed by atoms with Gasteiger partial charge in [-0.05, 0) is 25.8 Å². The van der Waals surface area contributed by atoms with Crippen LogP contribution in [0.1, 0.15) is 19.8 Å². The molecule has 2 aromatic rings. The highest BCUT2D eigenvalue weighted by molar-refractivity contribution is 14.2. The lowest BCUT2D eigenvalue weighted by Crippen LogP contribution is -2.48. The van der Waals surface area contributed by atoms with E-state index < -0.39 is 0 Å². The summed E-state index contributed by atoms with van der Waals surface area (Å²) in [5.41, 5.74) is 0.853. The topological polar surface area (TPSA) is 71.8 Å². The summed E-state index contributed by atoms with van der Waals surface area (Å²) in [6.45, 7) is 2.02. The Hall–Kier alpha value is -1.03. The molecule has 3 heterocycles. The van der Waals surface area contributed by atoms with Gasteiger partial charge >= 0.3 is 0 Å². The molecule has 0 bridgehead atoms. The smallest absolute Gasteiger partial charge is 0.242 e. The summed E-state index contributed by atoms with van der Waals surface area (Å²) in [5, 5.41) is 7.14. The first-order valence-corrected chi connectivity index (χ1v) is 9.68. The van der Waals surface area contributed by atoms with Gasteiger partial charge in [0.25, 0.3) is 0 Å². The quantitative estimate of drug-likeness (QED) is 0.771. The van der Waals surface area contributed by atoms with Gasteiger partial charge in [-0.15, -0.1) is 0 Å². The van der Waals surface area contributed by atoms with Gasteiger partial charge in [0.05, 0.1) is 5.39 Å². The van der Waals surface area contributed by atoms with Gasteiger partial charge in [0.15, 0.2) is 5.65 Å². The molecule has 8 heteroatoms. The lowest BCUT2D eigenvalue weighted by atomic mass is 10.0. The standard InChI is InChI=1S/C12H14IN5OS/c1-7-2-3-9(12(19)16-7)17-10-8-4-5-18(20-13)11(8)15-6-14-10/h4-7,9H,2-3H2,1H3,(H,16,19)(H,14,15,17)/t7-,9+/m0/s1. The van der Waals surface area contributed by atoms with Crippen LogP contribution >= 0.6 is 30.3 Å². The monoisotopic (exact) mass is 403 g/mol. The molecule has 3 rings (SSSR count). The van der Waals surface area contributed by atoms with E-state index in [0.717, 1.165) is 23.9 Å². The zero-order chi connectivity index (χ0) is 14.1. The molecule has 1 aliphatic heterocycles. The second kappa shape index (κ2) is 5.76. The van der Waals surface area contributed by atoms with Crippen LogP contribution in [-0.2, 0) is 4.79 Å². The van der Waals surface area contributed by atoms with E-state index in [1.807, 2.05) is 23.2 Å². The lowest BCUT2D eigenvalue weighted by Gasteiger charge is -2.27. The van der Waals surface area contributed by atoms with Gasteiger partial charge < -0.3 is 10.6 Å². The van der Waals surface area contributed by atoms with Gasteiger partial charge in [0.1, 0.15) is 18.2 Å². The highest BCUT2D eigenvalue weighted by Crippen LogP contribution is 2.27. The minimum atomic E-state index is -0.222. The number of nitrogens with zero attached hydrogens (tertiary/aromatic N) is 3. The fraction of sp³-hybridized carbons (Fsp3) is 0.417. The van der Waals surface area contributed by atoms with Crippen molar-refractivity contribution in [3.05, 3.63) is 18.6 Å². The minimum absolute atomic E-state index is 0.0400. The number of hydrogen-bond acceptors (Lipinski definition) is 5. The highest BCUT2D eigenvalue weighted by atomic mass is 127. The summed E-state index contributed by atoms with van der Waals surface area (Å²) in [6, 6.07) is 1.99. The average molecular weight is 403 g/mol. The predicted octanol–water partition coefficient (Wildman–Crippen LogP) is 2.36. The number of anilines is 1.